The minimum absolute atomic E-state index is 0.0927. The minimum Gasteiger partial charge on any atom is -0.445 e. The molecule has 1 aromatic carbocycles. The highest BCUT2D eigenvalue weighted by atomic mass is 16.7. The number of alkyl carbamates (subject to hydrolysis) is 1. The second-order valence-electron chi connectivity index (χ2n) is 6.00. The van der Waals surface area contributed by atoms with Crippen molar-refractivity contribution >= 4 is 23.2 Å². The Morgan fingerprint density at radius 3 is 2.69 bits per heavy atom. The van der Waals surface area contributed by atoms with Crippen molar-refractivity contribution < 1.29 is 19.2 Å². The van der Waals surface area contributed by atoms with Crippen LogP contribution in [0.2, 0.25) is 0 Å². The van der Waals surface area contributed by atoms with Gasteiger partial charge in [0.05, 0.1) is 0 Å². The number of benzene rings is 1. The summed E-state index contributed by atoms with van der Waals surface area (Å²) < 4.78 is 5.11. The summed E-state index contributed by atoms with van der Waals surface area (Å²) in [4.78, 5) is 34.5. The Kier molecular flexibility index (Phi) is 4.78. The molecule has 0 atom stereocenters. The fourth-order valence-electron chi connectivity index (χ4n) is 2.06. The van der Waals surface area contributed by atoms with Gasteiger partial charge in [0.1, 0.15) is 17.7 Å². The Labute approximate surface area is 148 Å². The third kappa shape index (κ3) is 3.94. The van der Waals surface area contributed by atoms with Gasteiger partial charge in [0, 0.05) is 6.20 Å². The first-order chi connectivity index (χ1) is 12.5. The third-order valence-corrected chi connectivity index (χ3v) is 3.49. The average Bonchev–Trinajstić information content (AvgIpc) is 3.03. The van der Waals surface area contributed by atoms with E-state index in [1.54, 1.807) is 12.1 Å². The number of nitrogens with zero attached hydrogens (tertiary/aromatic N) is 4. The smallest absolute Gasteiger partial charge is 0.408 e. The molecule has 3 rings (SSSR count). The van der Waals surface area contributed by atoms with E-state index in [1.165, 1.54) is 20.0 Å². The fraction of sp³-hybridized carbons (Fsp3) is 0.235. The maximum absolute atomic E-state index is 12.4. The van der Waals surface area contributed by atoms with Crippen LogP contribution in [-0.2, 0) is 16.1 Å². The van der Waals surface area contributed by atoms with Crippen LogP contribution in [0.1, 0.15) is 19.4 Å². The van der Waals surface area contributed by atoms with Crippen molar-refractivity contribution in [2.24, 2.45) is 0 Å². The van der Waals surface area contributed by atoms with Crippen LogP contribution in [0.15, 0.2) is 48.7 Å². The summed E-state index contributed by atoms with van der Waals surface area (Å²) >= 11 is 0. The van der Waals surface area contributed by atoms with Gasteiger partial charge in [-0.25, -0.2) is 14.6 Å². The lowest BCUT2D eigenvalue weighted by Gasteiger charge is -2.22. The topological polar surface area (TPSA) is 108 Å². The van der Waals surface area contributed by atoms with Crippen LogP contribution in [0.25, 0.3) is 11.2 Å². The van der Waals surface area contributed by atoms with E-state index in [0.29, 0.717) is 11.2 Å². The van der Waals surface area contributed by atoms with Gasteiger partial charge in [-0.3, -0.25) is 0 Å². The Bertz CT molecular complexity index is 923. The van der Waals surface area contributed by atoms with Gasteiger partial charge in [-0.2, -0.15) is 0 Å². The summed E-state index contributed by atoms with van der Waals surface area (Å²) in [6.45, 7) is 3.08. The summed E-state index contributed by atoms with van der Waals surface area (Å²) in [6, 6.07) is 12.6. The molecule has 3 aromatic rings. The lowest BCUT2D eigenvalue weighted by atomic mass is 10.1. The highest BCUT2D eigenvalue weighted by molar-refractivity contribution is 5.85. The number of nitrogens with one attached hydrogen (secondary N) is 1. The number of rotatable bonds is 5. The van der Waals surface area contributed by atoms with Crippen LogP contribution in [0.5, 0.6) is 0 Å². The van der Waals surface area contributed by atoms with Crippen molar-refractivity contribution in [1.29, 1.82) is 0 Å². The molecule has 2 heterocycles. The first-order valence-electron chi connectivity index (χ1n) is 7.84. The molecule has 26 heavy (non-hydrogen) atoms. The maximum atomic E-state index is 12.4. The van der Waals surface area contributed by atoms with Crippen molar-refractivity contribution in [3.8, 4) is 0 Å². The van der Waals surface area contributed by atoms with Gasteiger partial charge in [-0.05, 0) is 41.6 Å². The number of aromatic nitrogens is 4. The first kappa shape index (κ1) is 17.3. The van der Waals surface area contributed by atoms with Gasteiger partial charge < -0.3 is 14.9 Å². The van der Waals surface area contributed by atoms with E-state index in [1.807, 2.05) is 30.3 Å². The molecular formula is C17H17N5O4. The Morgan fingerprint density at radius 2 is 1.92 bits per heavy atom. The second-order valence-corrected chi connectivity index (χ2v) is 6.00. The first-order valence-corrected chi connectivity index (χ1v) is 7.84. The summed E-state index contributed by atoms with van der Waals surface area (Å²) in [7, 11) is 0. The van der Waals surface area contributed by atoms with E-state index in [4.69, 9.17) is 9.57 Å². The molecule has 0 aliphatic heterocycles. The molecule has 1 amide bonds. The van der Waals surface area contributed by atoms with Crippen LogP contribution in [0, 0.1) is 0 Å². The van der Waals surface area contributed by atoms with E-state index in [0.717, 1.165) is 10.4 Å². The predicted octanol–water partition coefficient (Wildman–Crippen LogP) is 1.49. The van der Waals surface area contributed by atoms with E-state index >= 15 is 0 Å². The Morgan fingerprint density at radius 1 is 1.15 bits per heavy atom. The minimum atomic E-state index is -1.35. The summed E-state index contributed by atoms with van der Waals surface area (Å²) in [5.74, 6) is -0.744. The molecule has 0 saturated carbocycles. The molecule has 0 bridgehead atoms. The number of ether oxygens (including phenoxy) is 1. The van der Waals surface area contributed by atoms with E-state index < -0.39 is 17.6 Å². The highest BCUT2D eigenvalue weighted by Crippen LogP contribution is 2.09. The number of hydrogen-bond acceptors (Lipinski definition) is 7. The van der Waals surface area contributed by atoms with E-state index in [2.05, 4.69) is 20.6 Å². The Hall–Kier alpha value is -3.49. The van der Waals surface area contributed by atoms with Gasteiger partial charge in [-0.1, -0.05) is 30.3 Å². The van der Waals surface area contributed by atoms with E-state index in [9.17, 15) is 9.59 Å². The molecular weight excluding hydrogens is 338 g/mol. The molecule has 0 radical (unpaired) electrons. The third-order valence-electron chi connectivity index (χ3n) is 3.49. The highest BCUT2D eigenvalue weighted by Gasteiger charge is 2.33. The van der Waals surface area contributed by atoms with Gasteiger partial charge in [0.15, 0.2) is 0 Å². The van der Waals surface area contributed by atoms with Crippen LogP contribution in [0.4, 0.5) is 4.79 Å². The van der Waals surface area contributed by atoms with Crippen LogP contribution in [0.3, 0.4) is 0 Å². The Balaban J connectivity index is 1.59. The van der Waals surface area contributed by atoms with Gasteiger partial charge in [0.2, 0.25) is 5.65 Å². The zero-order valence-electron chi connectivity index (χ0n) is 14.2. The second kappa shape index (κ2) is 7.18. The number of carbonyl (C=O) groups is 2. The molecule has 0 fully saturated rings. The lowest BCUT2D eigenvalue weighted by Crippen LogP contribution is -2.53. The number of pyridine rings is 1. The largest absolute Gasteiger partial charge is 0.445 e. The average molecular weight is 355 g/mol. The van der Waals surface area contributed by atoms with Crippen LogP contribution in [-0.4, -0.2) is 37.7 Å². The molecule has 2 aromatic heterocycles. The zero-order chi connectivity index (χ0) is 18.6. The predicted molar refractivity (Wildman–Crippen MR) is 90.8 cm³/mol. The zero-order valence-corrected chi connectivity index (χ0v) is 14.2. The standard InChI is InChI=1S/C17H17N5O4/c1-17(2,19-16(24)25-11-12-7-4-3-5-8-12)15(23)26-22-14-13(20-21-22)9-6-10-18-14/h3-10H,11H2,1-2H3,(H,19,24). The molecule has 0 saturated heterocycles. The molecule has 0 aliphatic rings. The van der Waals surface area contributed by atoms with Crippen molar-refractivity contribution in [3.05, 3.63) is 54.2 Å². The molecule has 0 unspecified atom stereocenters. The van der Waals surface area contributed by atoms with Crippen molar-refractivity contribution in [1.82, 2.24) is 25.5 Å². The van der Waals surface area contributed by atoms with Crippen LogP contribution >= 0.6 is 0 Å². The fourth-order valence-corrected chi connectivity index (χ4v) is 2.06. The van der Waals surface area contributed by atoms with Crippen molar-refractivity contribution in [3.63, 3.8) is 0 Å². The molecule has 0 aliphatic carbocycles. The number of hydrogen-bond donors (Lipinski definition) is 1. The monoisotopic (exact) mass is 355 g/mol. The lowest BCUT2D eigenvalue weighted by molar-refractivity contribution is -0.151. The molecule has 0 spiro atoms. The normalized spacial score (nSPS) is 11.2. The van der Waals surface area contributed by atoms with Crippen LogP contribution < -0.4 is 10.2 Å². The molecule has 9 heteroatoms. The van der Waals surface area contributed by atoms with Gasteiger partial charge in [0.25, 0.3) is 0 Å². The number of carbonyl (C=O) groups excluding carboxylic acids is 2. The SMILES string of the molecule is CC(C)(NC(=O)OCc1ccccc1)C(=O)On1nnc2cccnc21. The molecule has 134 valence electrons. The summed E-state index contributed by atoms with van der Waals surface area (Å²) in [6.07, 6.45) is 0.790. The quantitative estimate of drug-likeness (QED) is 0.691. The molecule has 1 N–H and O–H groups in total. The van der Waals surface area contributed by atoms with Gasteiger partial charge in [-0.15, -0.1) is 5.10 Å². The van der Waals surface area contributed by atoms with Gasteiger partial charge >= 0.3 is 12.1 Å². The van der Waals surface area contributed by atoms with E-state index in [-0.39, 0.29) is 6.61 Å². The van der Waals surface area contributed by atoms with Crippen molar-refractivity contribution in [2.45, 2.75) is 26.0 Å². The number of fused-ring (bicyclic) bond motifs is 1. The maximum Gasteiger partial charge on any atom is 0.408 e. The molecule has 9 nitrogen and oxygen atoms in total. The van der Waals surface area contributed by atoms with Crippen molar-refractivity contribution in [2.75, 3.05) is 0 Å². The summed E-state index contributed by atoms with van der Waals surface area (Å²) in [5, 5.41) is 10.0. The number of amides is 1. The summed E-state index contributed by atoms with van der Waals surface area (Å²) in [5.41, 5.74) is 0.265.